The molecule has 0 aromatic heterocycles. The molecule has 1 N–H and O–H groups in total. The van der Waals surface area contributed by atoms with Gasteiger partial charge < -0.3 is 5.11 Å². The van der Waals surface area contributed by atoms with Gasteiger partial charge in [-0.15, -0.1) is 0 Å². The third-order valence-corrected chi connectivity index (χ3v) is 1.67. The van der Waals surface area contributed by atoms with E-state index in [1.165, 1.54) is 19.1 Å². The highest BCUT2D eigenvalue weighted by Crippen LogP contribution is 2.14. The van der Waals surface area contributed by atoms with Gasteiger partial charge in [-0.2, -0.15) is 0 Å². The standard InChI is InChI=1S/C9H18O/c1-4-5-8(2)6-9(3)7-10/h7-8,10H,4-6H2,1-3H3/b9-7-. The van der Waals surface area contributed by atoms with E-state index in [0.29, 0.717) is 5.92 Å². The zero-order valence-electron chi connectivity index (χ0n) is 7.22. The van der Waals surface area contributed by atoms with Gasteiger partial charge in [-0.1, -0.05) is 26.7 Å². The number of aliphatic hydroxyl groups excluding tert-OH is 1. The highest BCUT2D eigenvalue weighted by molar-refractivity contribution is 4.92. The molecular weight excluding hydrogens is 124 g/mol. The van der Waals surface area contributed by atoms with Crippen molar-refractivity contribution in [3.05, 3.63) is 11.8 Å². The van der Waals surface area contributed by atoms with E-state index in [4.69, 9.17) is 5.11 Å². The number of hydrogen-bond donors (Lipinski definition) is 1. The van der Waals surface area contributed by atoms with Gasteiger partial charge in [0.25, 0.3) is 0 Å². The maximum atomic E-state index is 8.59. The third kappa shape index (κ3) is 4.42. The van der Waals surface area contributed by atoms with E-state index >= 15 is 0 Å². The minimum absolute atomic E-state index is 0.716. The topological polar surface area (TPSA) is 20.2 Å². The first-order valence-corrected chi connectivity index (χ1v) is 4.00. The summed E-state index contributed by atoms with van der Waals surface area (Å²) in [4.78, 5) is 0. The second-order valence-corrected chi connectivity index (χ2v) is 3.07. The van der Waals surface area contributed by atoms with Crippen LogP contribution >= 0.6 is 0 Å². The van der Waals surface area contributed by atoms with E-state index in [0.717, 1.165) is 12.0 Å². The van der Waals surface area contributed by atoms with Crippen molar-refractivity contribution in [2.45, 2.75) is 40.0 Å². The molecule has 0 radical (unpaired) electrons. The molecule has 0 aromatic carbocycles. The summed E-state index contributed by atoms with van der Waals surface area (Å²) in [6.07, 6.45) is 4.74. The lowest BCUT2D eigenvalue weighted by atomic mass is 9.98. The van der Waals surface area contributed by atoms with Crippen LogP contribution in [0.25, 0.3) is 0 Å². The lowest BCUT2D eigenvalue weighted by molar-refractivity contribution is 0.451. The van der Waals surface area contributed by atoms with Gasteiger partial charge in [0, 0.05) is 0 Å². The fourth-order valence-corrected chi connectivity index (χ4v) is 1.20. The number of allylic oxidation sites excluding steroid dienone is 1. The van der Waals surface area contributed by atoms with Gasteiger partial charge in [0.1, 0.15) is 0 Å². The van der Waals surface area contributed by atoms with Crippen molar-refractivity contribution < 1.29 is 5.11 Å². The molecule has 0 aliphatic heterocycles. The molecule has 0 fully saturated rings. The first-order chi connectivity index (χ1) is 4.70. The Hall–Kier alpha value is -0.460. The predicted octanol–water partition coefficient (Wildman–Crippen LogP) is 3.27. The van der Waals surface area contributed by atoms with Crippen molar-refractivity contribution in [2.24, 2.45) is 5.92 Å². The Bertz CT molecular complexity index is 105. The van der Waals surface area contributed by atoms with Crippen molar-refractivity contribution >= 4 is 0 Å². The molecule has 10 heavy (non-hydrogen) atoms. The second-order valence-electron chi connectivity index (χ2n) is 3.07. The average Bonchev–Trinajstić information content (AvgIpc) is 1.88. The lowest BCUT2D eigenvalue weighted by Gasteiger charge is -2.08. The minimum Gasteiger partial charge on any atom is -0.516 e. The van der Waals surface area contributed by atoms with E-state index in [1.807, 2.05) is 6.92 Å². The van der Waals surface area contributed by atoms with Crippen LogP contribution in [0, 0.1) is 5.92 Å². The Balaban J connectivity index is 3.47. The summed E-state index contributed by atoms with van der Waals surface area (Å²) in [6.45, 7) is 6.37. The van der Waals surface area contributed by atoms with Crippen LogP contribution in [-0.2, 0) is 0 Å². The number of aliphatic hydroxyl groups is 1. The Morgan fingerprint density at radius 1 is 1.60 bits per heavy atom. The molecule has 0 heterocycles. The molecule has 0 aliphatic rings. The Morgan fingerprint density at radius 2 is 2.20 bits per heavy atom. The lowest BCUT2D eigenvalue weighted by Crippen LogP contribution is -1.94. The summed E-state index contributed by atoms with van der Waals surface area (Å²) >= 11 is 0. The number of rotatable bonds is 4. The molecule has 0 saturated heterocycles. The van der Waals surface area contributed by atoms with Crippen molar-refractivity contribution in [1.82, 2.24) is 0 Å². The van der Waals surface area contributed by atoms with E-state index in [1.54, 1.807) is 0 Å². The Kier molecular flexibility index (Phi) is 5.09. The monoisotopic (exact) mass is 142 g/mol. The molecule has 1 unspecified atom stereocenters. The Morgan fingerprint density at radius 3 is 2.60 bits per heavy atom. The first kappa shape index (κ1) is 9.54. The maximum Gasteiger partial charge on any atom is 0.0780 e. The summed E-state index contributed by atoms with van der Waals surface area (Å²) in [6, 6.07) is 0. The predicted molar refractivity (Wildman–Crippen MR) is 45.1 cm³/mol. The van der Waals surface area contributed by atoms with E-state index in [-0.39, 0.29) is 0 Å². The van der Waals surface area contributed by atoms with Gasteiger partial charge in [-0.3, -0.25) is 0 Å². The van der Waals surface area contributed by atoms with Crippen molar-refractivity contribution in [3.8, 4) is 0 Å². The summed E-state index contributed by atoms with van der Waals surface area (Å²) in [5.41, 5.74) is 1.08. The molecule has 0 aliphatic carbocycles. The van der Waals surface area contributed by atoms with E-state index in [2.05, 4.69) is 13.8 Å². The second kappa shape index (κ2) is 5.33. The molecule has 1 atom stereocenters. The summed E-state index contributed by atoms with van der Waals surface area (Å²) < 4.78 is 0. The van der Waals surface area contributed by atoms with Crippen LogP contribution in [0.5, 0.6) is 0 Å². The summed E-state index contributed by atoms with van der Waals surface area (Å²) in [5.74, 6) is 0.716. The fraction of sp³-hybridized carbons (Fsp3) is 0.778. The van der Waals surface area contributed by atoms with Gasteiger partial charge in [-0.05, 0) is 24.8 Å². The zero-order valence-corrected chi connectivity index (χ0v) is 7.22. The first-order valence-electron chi connectivity index (χ1n) is 4.00. The van der Waals surface area contributed by atoms with Crippen molar-refractivity contribution in [2.75, 3.05) is 0 Å². The molecule has 0 spiro atoms. The van der Waals surface area contributed by atoms with Gasteiger partial charge in [0.2, 0.25) is 0 Å². The molecule has 1 nitrogen and oxygen atoms in total. The summed E-state index contributed by atoms with van der Waals surface area (Å²) in [7, 11) is 0. The highest BCUT2D eigenvalue weighted by Gasteiger charge is 2.00. The molecule has 0 aromatic rings. The van der Waals surface area contributed by atoms with Crippen LogP contribution in [0.1, 0.15) is 40.0 Å². The van der Waals surface area contributed by atoms with Gasteiger partial charge >= 0.3 is 0 Å². The highest BCUT2D eigenvalue weighted by atomic mass is 16.2. The van der Waals surface area contributed by atoms with Gasteiger partial charge in [0.15, 0.2) is 0 Å². The molecular formula is C9H18O. The zero-order chi connectivity index (χ0) is 7.98. The molecule has 0 amide bonds. The van der Waals surface area contributed by atoms with Crippen LogP contribution in [0.2, 0.25) is 0 Å². The van der Waals surface area contributed by atoms with Crippen LogP contribution in [0.3, 0.4) is 0 Å². The van der Waals surface area contributed by atoms with Crippen LogP contribution in [-0.4, -0.2) is 5.11 Å². The normalized spacial score (nSPS) is 15.3. The SMILES string of the molecule is CCCC(C)C/C(C)=C\O. The van der Waals surface area contributed by atoms with Crippen LogP contribution in [0.4, 0.5) is 0 Å². The molecule has 1 heteroatoms. The van der Waals surface area contributed by atoms with Crippen LogP contribution < -0.4 is 0 Å². The fourth-order valence-electron chi connectivity index (χ4n) is 1.20. The quantitative estimate of drug-likeness (QED) is 0.597. The van der Waals surface area contributed by atoms with Crippen LogP contribution in [0.15, 0.2) is 11.8 Å². The largest absolute Gasteiger partial charge is 0.516 e. The molecule has 0 saturated carbocycles. The third-order valence-electron chi connectivity index (χ3n) is 1.67. The summed E-state index contributed by atoms with van der Waals surface area (Å²) in [5, 5.41) is 8.59. The smallest absolute Gasteiger partial charge is 0.0780 e. The van der Waals surface area contributed by atoms with Gasteiger partial charge in [-0.25, -0.2) is 0 Å². The Labute approximate surface area is 63.8 Å². The average molecular weight is 142 g/mol. The molecule has 0 bridgehead atoms. The maximum absolute atomic E-state index is 8.59. The van der Waals surface area contributed by atoms with E-state index in [9.17, 15) is 0 Å². The minimum atomic E-state index is 0.716. The van der Waals surface area contributed by atoms with E-state index < -0.39 is 0 Å². The van der Waals surface area contributed by atoms with Crippen molar-refractivity contribution in [1.29, 1.82) is 0 Å². The molecule has 60 valence electrons. The van der Waals surface area contributed by atoms with Gasteiger partial charge in [0.05, 0.1) is 6.26 Å². The molecule has 0 rings (SSSR count). The van der Waals surface area contributed by atoms with Crippen molar-refractivity contribution in [3.63, 3.8) is 0 Å². The number of hydrogen-bond acceptors (Lipinski definition) is 1.